The predicted molar refractivity (Wildman–Crippen MR) is 125 cm³/mol. The summed E-state index contributed by atoms with van der Waals surface area (Å²) in [5.74, 6) is -0.473. The summed E-state index contributed by atoms with van der Waals surface area (Å²) < 4.78 is 28.3. The van der Waals surface area contributed by atoms with Gasteiger partial charge in [0.1, 0.15) is 6.04 Å². The minimum Gasteiger partial charge on any atom is -0.325 e. The summed E-state index contributed by atoms with van der Waals surface area (Å²) in [5, 5.41) is 3.32. The number of nitrogens with one attached hydrogen (secondary N) is 1. The van der Waals surface area contributed by atoms with Crippen LogP contribution in [0.3, 0.4) is 0 Å². The van der Waals surface area contributed by atoms with Crippen molar-refractivity contribution in [2.45, 2.75) is 50.0 Å². The van der Waals surface area contributed by atoms with Crippen molar-refractivity contribution < 1.29 is 18.0 Å². The van der Waals surface area contributed by atoms with Crippen molar-refractivity contribution in [1.29, 1.82) is 0 Å². The number of rotatable bonds is 4. The molecule has 7 nitrogen and oxygen atoms in total. The van der Waals surface area contributed by atoms with E-state index in [2.05, 4.69) is 5.32 Å². The van der Waals surface area contributed by atoms with E-state index in [0.717, 1.165) is 5.56 Å². The van der Waals surface area contributed by atoms with E-state index in [1.807, 2.05) is 6.92 Å². The lowest BCUT2D eigenvalue weighted by molar-refractivity contribution is -0.122. The normalized spacial score (nSPS) is 20.5. The van der Waals surface area contributed by atoms with Crippen LogP contribution in [0.1, 0.15) is 37.8 Å². The number of halogens is 1. The summed E-state index contributed by atoms with van der Waals surface area (Å²) in [5.41, 5.74) is 1.96. The zero-order chi connectivity index (χ0) is 23.4. The number of aryl methyl sites for hydroxylation is 1. The standard InChI is InChI=1S/C23H26ClN3O4S/c1-14-7-8-15(12-18(14)24)25-21(28)20-6-5-11-27(20)32(30,31)16-9-10-19-17(13-16)23(2,3)22(29)26(19)4/h7-10,12-13,20H,5-6,11H2,1-4H3,(H,25,28). The topological polar surface area (TPSA) is 86.8 Å². The number of hydrogen-bond donors (Lipinski definition) is 1. The fourth-order valence-corrected chi connectivity index (χ4v) is 6.30. The van der Waals surface area contributed by atoms with Crippen molar-refractivity contribution in [3.05, 3.63) is 52.5 Å². The van der Waals surface area contributed by atoms with Gasteiger partial charge in [0, 0.05) is 30.0 Å². The summed E-state index contributed by atoms with van der Waals surface area (Å²) in [6.07, 6.45) is 1.02. The molecule has 0 radical (unpaired) electrons. The Bertz CT molecular complexity index is 1230. The smallest absolute Gasteiger partial charge is 0.243 e. The largest absolute Gasteiger partial charge is 0.325 e. The highest BCUT2D eigenvalue weighted by molar-refractivity contribution is 7.89. The molecule has 2 aromatic carbocycles. The lowest BCUT2D eigenvalue weighted by atomic mass is 9.86. The van der Waals surface area contributed by atoms with Gasteiger partial charge in [0.25, 0.3) is 0 Å². The third kappa shape index (κ3) is 3.60. The third-order valence-electron chi connectivity index (χ3n) is 6.39. The Labute approximate surface area is 193 Å². The predicted octanol–water partition coefficient (Wildman–Crippen LogP) is 3.69. The molecule has 32 heavy (non-hydrogen) atoms. The maximum absolute atomic E-state index is 13.5. The van der Waals surface area contributed by atoms with Gasteiger partial charge in [0.05, 0.1) is 10.3 Å². The van der Waals surface area contributed by atoms with Crippen LogP contribution in [0.5, 0.6) is 0 Å². The molecule has 9 heteroatoms. The SMILES string of the molecule is Cc1ccc(NC(=O)C2CCCN2S(=O)(=O)c2ccc3c(c2)C(C)(C)C(=O)N3C)cc1Cl. The van der Waals surface area contributed by atoms with Gasteiger partial charge in [-0.3, -0.25) is 9.59 Å². The number of amides is 2. The number of benzene rings is 2. The van der Waals surface area contributed by atoms with E-state index < -0.39 is 21.5 Å². The first kappa shape index (κ1) is 22.8. The van der Waals surface area contributed by atoms with Crippen LogP contribution < -0.4 is 10.2 Å². The second kappa shape index (κ2) is 7.86. The first-order chi connectivity index (χ1) is 14.9. The van der Waals surface area contributed by atoms with Gasteiger partial charge < -0.3 is 10.2 Å². The molecule has 1 fully saturated rings. The molecular formula is C23H26ClN3O4S. The number of nitrogens with zero attached hydrogens (tertiary/aromatic N) is 2. The second-order valence-corrected chi connectivity index (χ2v) is 11.2. The van der Waals surface area contributed by atoms with E-state index in [0.29, 0.717) is 34.8 Å². The van der Waals surface area contributed by atoms with Gasteiger partial charge in [-0.2, -0.15) is 4.31 Å². The zero-order valence-electron chi connectivity index (χ0n) is 18.5. The molecule has 4 rings (SSSR count). The molecule has 1 N–H and O–H groups in total. The summed E-state index contributed by atoms with van der Waals surface area (Å²) >= 11 is 6.14. The molecule has 2 aromatic rings. The van der Waals surface area contributed by atoms with Crippen molar-refractivity contribution >= 4 is 44.8 Å². The fraction of sp³-hybridized carbons (Fsp3) is 0.391. The van der Waals surface area contributed by atoms with Crippen LogP contribution in [0, 0.1) is 6.92 Å². The Hall–Kier alpha value is -2.42. The molecule has 170 valence electrons. The number of carbonyl (C=O) groups excluding carboxylic acids is 2. The maximum atomic E-state index is 13.5. The van der Waals surface area contributed by atoms with Gasteiger partial charge in [-0.1, -0.05) is 17.7 Å². The van der Waals surface area contributed by atoms with Gasteiger partial charge in [0.2, 0.25) is 21.8 Å². The van der Waals surface area contributed by atoms with Crippen LogP contribution in [0.2, 0.25) is 5.02 Å². The van der Waals surface area contributed by atoms with Crippen molar-refractivity contribution in [3.8, 4) is 0 Å². The van der Waals surface area contributed by atoms with Crippen molar-refractivity contribution in [2.24, 2.45) is 0 Å². The van der Waals surface area contributed by atoms with Crippen LogP contribution in [-0.2, 0) is 25.0 Å². The molecule has 0 spiro atoms. The number of carbonyl (C=O) groups is 2. The van der Waals surface area contributed by atoms with Crippen LogP contribution in [0.4, 0.5) is 11.4 Å². The van der Waals surface area contributed by atoms with Gasteiger partial charge in [-0.15, -0.1) is 0 Å². The molecule has 2 amide bonds. The molecule has 2 heterocycles. The van der Waals surface area contributed by atoms with Gasteiger partial charge >= 0.3 is 0 Å². The molecule has 2 aliphatic rings. The molecule has 1 atom stereocenters. The van der Waals surface area contributed by atoms with Gasteiger partial charge in [-0.25, -0.2) is 8.42 Å². The van der Waals surface area contributed by atoms with E-state index in [4.69, 9.17) is 11.6 Å². The zero-order valence-corrected chi connectivity index (χ0v) is 20.0. The highest BCUT2D eigenvalue weighted by Gasteiger charge is 2.44. The fourth-order valence-electron chi connectivity index (χ4n) is 4.43. The monoisotopic (exact) mass is 475 g/mol. The Morgan fingerprint density at radius 1 is 1.19 bits per heavy atom. The van der Waals surface area contributed by atoms with Gasteiger partial charge in [0.15, 0.2) is 0 Å². The number of hydrogen-bond acceptors (Lipinski definition) is 4. The molecule has 0 saturated carbocycles. The molecule has 1 unspecified atom stereocenters. The molecule has 2 aliphatic heterocycles. The Morgan fingerprint density at radius 3 is 2.59 bits per heavy atom. The summed E-state index contributed by atoms with van der Waals surface area (Å²) in [6, 6.07) is 9.11. The Kier molecular flexibility index (Phi) is 5.59. The summed E-state index contributed by atoms with van der Waals surface area (Å²) in [7, 11) is -2.25. The minimum atomic E-state index is -3.93. The van der Waals surface area contributed by atoms with E-state index in [1.54, 1.807) is 56.1 Å². The number of anilines is 2. The van der Waals surface area contributed by atoms with Crippen LogP contribution in [0.25, 0.3) is 0 Å². The van der Waals surface area contributed by atoms with Crippen molar-refractivity contribution in [3.63, 3.8) is 0 Å². The lowest BCUT2D eigenvalue weighted by Crippen LogP contribution is -2.43. The Balaban J connectivity index is 1.62. The highest BCUT2D eigenvalue weighted by atomic mass is 35.5. The molecule has 1 saturated heterocycles. The first-order valence-corrected chi connectivity index (χ1v) is 12.3. The molecule has 0 aromatic heterocycles. The number of fused-ring (bicyclic) bond motifs is 1. The summed E-state index contributed by atoms with van der Waals surface area (Å²) in [4.78, 5) is 27.2. The average Bonchev–Trinajstić information content (AvgIpc) is 3.31. The van der Waals surface area contributed by atoms with Crippen LogP contribution in [-0.4, -0.2) is 44.2 Å². The average molecular weight is 476 g/mol. The van der Waals surface area contributed by atoms with Crippen molar-refractivity contribution in [1.82, 2.24) is 4.31 Å². The maximum Gasteiger partial charge on any atom is 0.243 e. The Morgan fingerprint density at radius 2 is 1.91 bits per heavy atom. The van der Waals surface area contributed by atoms with E-state index in [9.17, 15) is 18.0 Å². The number of sulfonamides is 1. The molecule has 0 bridgehead atoms. The third-order valence-corrected chi connectivity index (χ3v) is 8.71. The highest BCUT2D eigenvalue weighted by Crippen LogP contribution is 2.42. The van der Waals surface area contributed by atoms with Gasteiger partial charge in [-0.05, 0) is 75.1 Å². The van der Waals surface area contributed by atoms with E-state index in [1.165, 1.54) is 10.4 Å². The van der Waals surface area contributed by atoms with Crippen LogP contribution in [0.15, 0.2) is 41.3 Å². The summed E-state index contributed by atoms with van der Waals surface area (Å²) in [6.45, 7) is 5.69. The molecular weight excluding hydrogens is 450 g/mol. The van der Waals surface area contributed by atoms with Crippen molar-refractivity contribution in [2.75, 3.05) is 23.8 Å². The lowest BCUT2D eigenvalue weighted by Gasteiger charge is -2.24. The second-order valence-electron chi connectivity index (χ2n) is 8.90. The van der Waals surface area contributed by atoms with E-state index >= 15 is 0 Å². The number of likely N-dealkylation sites (N-methyl/N-ethyl adjacent to an activating group) is 1. The first-order valence-electron chi connectivity index (χ1n) is 10.5. The minimum absolute atomic E-state index is 0.0859. The quantitative estimate of drug-likeness (QED) is 0.730. The molecule has 0 aliphatic carbocycles. The van der Waals surface area contributed by atoms with E-state index in [-0.39, 0.29) is 23.3 Å². The van der Waals surface area contributed by atoms with Crippen LogP contribution >= 0.6 is 11.6 Å².